The van der Waals surface area contributed by atoms with Crippen LogP contribution in [0.25, 0.3) is 0 Å². The van der Waals surface area contributed by atoms with E-state index in [0.717, 1.165) is 0 Å². The summed E-state index contributed by atoms with van der Waals surface area (Å²) in [6, 6.07) is 0. The van der Waals surface area contributed by atoms with Crippen LogP contribution in [0.2, 0.25) is 0 Å². The second-order valence-electron chi connectivity index (χ2n) is 13.5. The molecule has 5 rings (SSSR count). The van der Waals surface area contributed by atoms with Gasteiger partial charge in [0.2, 0.25) is 0 Å². The van der Waals surface area contributed by atoms with Crippen LogP contribution in [0.4, 0.5) is 0 Å². The number of hydrogen-bond donors (Lipinski definition) is 0. The molecule has 0 radical (unpaired) electrons. The summed E-state index contributed by atoms with van der Waals surface area (Å²) in [5.41, 5.74) is -2.40. The average Bonchev–Trinajstić information content (AvgIpc) is 3.08. The van der Waals surface area contributed by atoms with Gasteiger partial charge in [-0.15, -0.1) is 116 Å². The van der Waals surface area contributed by atoms with Crippen molar-refractivity contribution < 1.29 is 0 Å². The van der Waals surface area contributed by atoms with Gasteiger partial charge in [-0.05, 0) is 12.8 Å². The third-order valence-corrected chi connectivity index (χ3v) is 13.9. The van der Waals surface area contributed by atoms with Gasteiger partial charge in [0.15, 0.2) is 0 Å². The van der Waals surface area contributed by atoms with E-state index >= 15 is 0 Å². The molecule has 0 aliphatic heterocycles. The van der Waals surface area contributed by atoms with Crippen molar-refractivity contribution in [2.75, 3.05) is 0 Å². The van der Waals surface area contributed by atoms with Crippen molar-refractivity contribution in [3.05, 3.63) is 0 Å². The normalized spacial score (nSPS) is 24.7. The van der Waals surface area contributed by atoms with Crippen molar-refractivity contribution in [3.63, 3.8) is 0 Å². The molecule has 270 valence electrons. The number of rotatable bonds is 5. The Balaban J connectivity index is 0.000000335. The zero-order valence-corrected chi connectivity index (χ0v) is 34.9. The Morgan fingerprint density at radius 2 is 0.533 bits per heavy atom. The topological polar surface area (TPSA) is 0 Å². The van der Waals surface area contributed by atoms with E-state index in [9.17, 15) is 0 Å². The molecule has 5 fully saturated rings. The van der Waals surface area contributed by atoms with Crippen molar-refractivity contribution >= 4 is 116 Å². The van der Waals surface area contributed by atoms with Crippen LogP contribution >= 0.6 is 116 Å². The predicted molar refractivity (Wildman–Crippen MR) is 210 cm³/mol. The van der Waals surface area contributed by atoms with Crippen LogP contribution in [0.3, 0.4) is 0 Å². The summed E-state index contributed by atoms with van der Waals surface area (Å²) in [5, 5.41) is 0. The molecule has 0 N–H and O–H groups in total. The van der Waals surface area contributed by atoms with E-state index in [1.807, 2.05) is 0 Å². The maximum atomic E-state index is 6.26. The molecule has 0 saturated heterocycles. The minimum absolute atomic E-state index is 0.450. The molecule has 1 unspecified atom stereocenters. The van der Waals surface area contributed by atoms with E-state index in [4.69, 9.17) is 116 Å². The summed E-state index contributed by atoms with van der Waals surface area (Å²) < 4.78 is 0. The molecule has 0 aromatic heterocycles. The standard InChI is InChI=1S/C11H12Cl10.4C6H12/c12-5(13)4-2-1-3-10(6(14)15,7(16)17)11(4,8(18)19)9(20)21;4*1-2-4-6-5-3-1/h4-9H,1-3H2;4*1-6H2. The maximum absolute atomic E-state index is 6.26. The monoisotopic (exact) mass is 830 g/mol. The fourth-order valence-electron chi connectivity index (χ4n) is 7.51. The average molecular weight is 835 g/mol. The summed E-state index contributed by atoms with van der Waals surface area (Å²) in [6.45, 7) is 0. The van der Waals surface area contributed by atoms with Crippen molar-refractivity contribution in [2.24, 2.45) is 16.7 Å². The maximum Gasteiger partial charge on any atom is 0.117 e. The van der Waals surface area contributed by atoms with Gasteiger partial charge in [-0.25, -0.2) is 0 Å². The van der Waals surface area contributed by atoms with Crippen molar-refractivity contribution in [2.45, 2.75) is 198 Å². The number of hydrogen-bond acceptors (Lipinski definition) is 0. The van der Waals surface area contributed by atoms with E-state index in [2.05, 4.69) is 0 Å². The minimum atomic E-state index is -1.26. The lowest BCUT2D eigenvalue weighted by Gasteiger charge is -2.60. The first-order valence-electron chi connectivity index (χ1n) is 18.0. The summed E-state index contributed by atoms with van der Waals surface area (Å²) in [6.07, 6.45) is 37.7. The van der Waals surface area contributed by atoms with E-state index < -0.39 is 40.9 Å². The fraction of sp³-hybridized carbons (Fsp3) is 1.00. The van der Waals surface area contributed by atoms with Gasteiger partial charge in [0.25, 0.3) is 0 Å². The molecule has 0 spiro atoms. The van der Waals surface area contributed by atoms with Gasteiger partial charge in [0.1, 0.15) is 24.2 Å². The van der Waals surface area contributed by atoms with Gasteiger partial charge in [-0.3, -0.25) is 0 Å². The summed E-state index contributed by atoms with van der Waals surface area (Å²) in [7, 11) is 0. The first-order valence-corrected chi connectivity index (χ1v) is 22.3. The van der Waals surface area contributed by atoms with Gasteiger partial charge >= 0.3 is 0 Å². The largest absolute Gasteiger partial charge is 0.117 e. The Morgan fingerprint density at radius 1 is 0.311 bits per heavy atom. The van der Waals surface area contributed by atoms with E-state index in [1.165, 1.54) is 154 Å². The fourth-order valence-corrected chi connectivity index (χ4v) is 12.4. The Kier molecular flexibility index (Phi) is 28.1. The third kappa shape index (κ3) is 16.0. The molecule has 10 heteroatoms. The first-order chi connectivity index (χ1) is 21.6. The highest BCUT2D eigenvalue weighted by atomic mass is 35.5. The van der Waals surface area contributed by atoms with Gasteiger partial charge in [-0.1, -0.05) is 161 Å². The van der Waals surface area contributed by atoms with Crippen LogP contribution in [0.5, 0.6) is 0 Å². The zero-order chi connectivity index (χ0) is 33.6. The summed E-state index contributed by atoms with van der Waals surface area (Å²) in [5.74, 6) is -0.463. The van der Waals surface area contributed by atoms with Gasteiger partial charge in [0.05, 0.1) is 0 Å². The Labute approximate surface area is 327 Å². The highest BCUT2D eigenvalue weighted by Crippen LogP contribution is 2.69. The summed E-state index contributed by atoms with van der Waals surface area (Å²) in [4.78, 5) is -4.98. The molecular weight excluding hydrogens is 775 g/mol. The minimum Gasteiger partial charge on any atom is -0.105 e. The second kappa shape index (κ2) is 27.5. The van der Waals surface area contributed by atoms with Crippen LogP contribution in [0.1, 0.15) is 173 Å². The third-order valence-electron chi connectivity index (χ3n) is 10.3. The molecular formula is C35H60Cl10. The highest BCUT2D eigenvalue weighted by Gasteiger charge is 2.69. The molecule has 0 aromatic carbocycles. The SMILES string of the molecule is C1CCCCC1.C1CCCCC1.C1CCCCC1.C1CCCCC1.ClC(Cl)C1CCCC(C(Cl)Cl)(C(Cl)Cl)C1(C(Cl)Cl)C(Cl)Cl. The lowest BCUT2D eigenvalue weighted by atomic mass is 9.54. The molecule has 45 heavy (non-hydrogen) atoms. The number of halogens is 10. The van der Waals surface area contributed by atoms with E-state index in [-0.39, 0.29) is 0 Å². The summed E-state index contributed by atoms with van der Waals surface area (Å²) >= 11 is 62.2. The van der Waals surface area contributed by atoms with E-state index in [0.29, 0.717) is 19.3 Å². The molecule has 0 bridgehead atoms. The van der Waals surface area contributed by atoms with Crippen molar-refractivity contribution in [1.82, 2.24) is 0 Å². The van der Waals surface area contributed by atoms with Crippen LogP contribution in [-0.4, -0.2) is 24.2 Å². The molecule has 0 aromatic rings. The Morgan fingerprint density at radius 3 is 0.689 bits per heavy atom. The Bertz CT molecular complexity index is 559. The molecule has 1 atom stereocenters. The molecule has 5 saturated carbocycles. The molecule has 0 nitrogen and oxygen atoms in total. The molecule has 0 heterocycles. The zero-order valence-electron chi connectivity index (χ0n) is 27.3. The quantitative estimate of drug-likeness (QED) is 0.242. The lowest BCUT2D eigenvalue weighted by Crippen LogP contribution is -2.64. The van der Waals surface area contributed by atoms with Crippen LogP contribution in [0.15, 0.2) is 0 Å². The lowest BCUT2D eigenvalue weighted by molar-refractivity contribution is -0.0218. The highest BCUT2D eigenvalue weighted by molar-refractivity contribution is 6.52. The van der Waals surface area contributed by atoms with Gasteiger partial charge < -0.3 is 0 Å². The molecule has 5 aliphatic carbocycles. The van der Waals surface area contributed by atoms with Gasteiger partial charge in [-0.2, -0.15) is 0 Å². The molecule has 5 aliphatic rings. The van der Waals surface area contributed by atoms with Crippen LogP contribution in [0, 0.1) is 16.7 Å². The predicted octanol–water partition coefficient (Wildman–Crippen LogP) is 17.1. The second-order valence-corrected chi connectivity index (χ2v) is 19.0. The molecule has 0 amide bonds. The van der Waals surface area contributed by atoms with Crippen molar-refractivity contribution in [1.29, 1.82) is 0 Å². The smallest absolute Gasteiger partial charge is 0.105 e. The van der Waals surface area contributed by atoms with Crippen molar-refractivity contribution in [3.8, 4) is 0 Å². The number of alkyl halides is 10. The first kappa shape index (κ1) is 45.9. The van der Waals surface area contributed by atoms with Gasteiger partial charge in [0, 0.05) is 16.7 Å². The van der Waals surface area contributed by atoms with Crippen LogP contribution < -0.4 is 0 Å². The van der Waals surface area contributed by atoms with Crippen LogP contribution in [-0.2, 0) is 0 Å². The van der Waals surface area contributed by atoms with E-state index in [1.54, 1.807) is 0 Å². The Hall–Kier alpha value is 2.90.